The number of rotatable bonds is 40. The van der Waals surface area contributed by atoms with E-state index in [9.17, 15) is 14.4 Å². The summed E-state index contributed by atoms with van der Waals surface area (Å²) < 4.78 is 16.7. The number of ether oxygens (including phenoxy) is 3. The first-order valence-corrected chi connectivity index (χ1v) is 24.0. The van der Waals surface area contributed by atoms with Crippen LogP contribution in [0.1, 0.15) is 168 Å². The summed E-state index contributed by atoms with van der Waals surface area (Å²) in [5, 5.41) is 0. The van der Waals surface area contributed by atoms with Crippen LogP contribution in [-0.4, -0.2) is 37.2 Å². The molecule has 0 radical (unpaired) electrons. The average Bonchev–Trinajstić information content (AvgIpc) is 3.27. The lowest BCUT2D eigenvalue weighted by Gasteiger charge is -2.18. The average molecular weight is 853 g/mol. The molecular weight excluding hydrogens is 769 g/mol. The molecule has 0 aliphatic carbocycles. The predicted octanol–water partition coefficient (Wildman–Crippen LogP) is 15.7. The van der Waals surface area contributed by atoms with E-state index in [-0.39, 0.29) is 44.0 Å². The second-order valence-electron chi connectivity index (χ2n) is 15.1. The van der Waals surface area contributed by atoms with Gasteiger partial charge in [0, 0.05) is 19.3 Å². The third-order valence-corrected chi connectivity index (χ3v) is 9.28. The largest absolute Gasteiger partial charge is 0.462 e. The molecule has 0 aromatic carbocycles. The number of unbranched alkanes of at least 4 members (excludes halogenated alkanes) is 12. The van der Waals surface area contributed by atoms with E-state index < -0.39 is 6.10 Å². The molecule has 1 atom stereocenters. The summed E-state index contributed by atoms with van der Waals surface area (Å²) in [6.07, 6.45) is 69.7. The van der Waals surface area contributed by atoms with Crippen LogP contribution in [0, 0.1) is 0 Å². The van der Waals surface area contributed by atoms with Crippen LogP contribution in [0.15, 0.2) is 146 Å². The highest BCUT2D eigenvalue weighted by Crippen LogP contribution is 2.11. The van der Waals surface area contributed by atoms with Crippen molar-refractivity contribution in [3.05, 3.63) is 146 Å². The molecule has 0 bridgehead atoms. The molecule has 0 aromatic heterocycles. The molecule has 0 heterocycles. The molecular formula is C56H84O6. The topological polar surface area (TPSA) is 78.9 Å². The van der Waals surface area contributed by atoms with E-state index in [1.165, 1.54) is 12.8 Å². The van der Waals surface area contributed by atoms with Crippen molar-refractivity contribution in [2.75, 3.05) is 13.2 Å². The van der Waals surface area contributed by atoms with Gasteiger partial charge in [0.15, 0.2) is 6.10 Å². The normalized spacial score (nSPS) is 13.4. The molecule has 0 amide bonds. The van der Waals surface area contributed by atoms with Crippen LogP contribution in [0.5, 0.6) is 0 Å². The number of hydrogen-bond acceptors (Lipinski definition) is 6. The lowest BCUT2D eigenvalue weighted by atomic mass is 10.1. The van der Waals surface area contributed by atoms with E-state index in [0.29, 0.717) is 12.8 Å². The van der Waals surface area contributed by atoms with Crippen molar-refractivity contribution in [3.63, 3.8) is 0 Å². The summed E-state index contributed by atoms with van der Waals surface area (Å²) >= 11 is 0. The van der Waals surface area contributed by atoms with E-state index in [1.54, 1.807) is 0 Å². The van der Waals surface area contributed by atoms with Crippen LogP contribution in [0.25, 0.3) is 0 Å². The highest BCUT2D eigenvalue weighted by atomic mass is 16.6. The summed E-state index contributed by atoms with van der Waals surface area (Å²) in [6.45, 7) is 6.20. The van der Waals surface area contributed by atoms with Gasteiger partial charge in [-0.05, 0) is 89.9 Å². The molecule has 0 saturated heterocycles. The van der Waals surface area contributed by atoms with Gasteiger partial charge in [0.1, 0.15) is 13.2 Å². The molecule has 1 unspecified atom stereocenters. The van der Waals surface area contributed by atoms with E-state index >= 15 is 0 Å². The summed E-state index contributed by atoms with van der Waals surface area (Å²) in [5.41, 5.74) is 0. The summed E-state index contributed by atoms with van der Waals surface area (Å²) in [5.74, 6) is -1.03. The molecule has 6 heteroatoms. The molecule has 0 aliphatic rings. The van der Waals surface area contributed by atoms with Gasteiger partial charge < -0.3 is 14.2 Å². The highest BCUT2D eigenvalue weighted by molar-refractivity contribution is 5.71. The van der Waals surface area contributed by atoms with Crippen LogP contribution in [0.3, 0.4) is 0 Å². The Balaban J connectivity index is 4.58. The first kappa shape index (κ1) is 57.3. The van der Waals surface area contributed by atoms with Crippen LogP contribution >= 0.6 is 0 Å². The maximum absolute atomic E-state index is 12.8. The standard InChI is InChI=1S/C56H84O6/c1-4-7-10-13-16-19-22-24-26-27-28-29-30-32-34-37-40-43-46-49-55(58)61-52-53(51-60-54(57)48-45-42-39-36-33-21-18-15-12-9-6-3)62-56(59)50-47-44-41-38-35-31-25-23-20-17-14-11-8-5-2/h7-8,10-11,13,15-22,24-34,53H,4-6,9,12,14,23,35-52H2,1-3H3/b10-7-,11-8-,16-13-,18-15-,20-17-,22-19-,26-24-,28-27+,30-29-,31-25-,33-21-,34-32-. The Bertz CT molecular complexity index is 1440. The van der Waals surface area contributed by atoms with E-state index in [2.05, 4.69) is 93.7 Å². The Morgan fingerprint density at radius 2 is 0.710 bits per heavy atom. The Hall–Kier alpha value is -4.71. The van der Waals surface area contributed by atoms with Gasteiger partial charge in [-0.15, -0.1) is 0 Å². The van der Waals surface area contributed by atoms with Gasteiger partial charge >= 0.3 is 17.9 Å². The van der Waals surface area contributed by atoms with Crippen molar-refractivity contribution in [3.8, 4) is 0 Å². The SMILES string of the molecule is CC\C=C/C=C\C=C/C=C\C=C\C=C/C=C\CCCCCC(=O)OCC(COC(=O)CCCCC/C=C\C=C/CCCC)OC(=O)CCCCCC/C=C\C/C=C\C/C=C\CC. The fraction of sp³-hybridized carbons (Fsp3) is 0.518. The zero-order valence-corrected chi connectivity index (χ0v) is 39.1. The van der Waals surface area contributed by atoms with Gasteiger partial charge in [-0.3, -0.25) is 14.4 Å². The van der Waals surface area contributed by atoms with Gasteiger partial charge in [0.05, 0.1) is 0 Å². The lowest BCUT2D eigenvalue weighted by molar-refractivity contribution is -0.167. The summed E-state index contributed by atoms with van der Waals surface area (Å²) in [6, 6.07) is 0. The Morgan fingerprint density at radius 3 is 1.19 bits per heavy atom. The Kier molecular flexibility index (Phi) is 45.2. The van der Waals surface area contributed by atoms with Crippen LogP contribution in [0.2, 0.25) is 0 Å². The zero-order chi connectivity index (χ0) is 45.1. The van der Waals surface area contributed by atoms with Crippen molar-refractivity contribution in [2.45, 2.75) is 175 Å². The van der Waals surface area contributed by atoms with Gasteiger partial charge in [-0.25, -0.2) is 0 Å². The Labute approximate surface area is 378 Å². The second-order valence-corrected chi connectivity index (χ2v) is 15.1. The quantitative estimate of drug-likeness (QED) is 0.0201. The number of carbonyl (C=O) groups excluding carboxylic acids is 3. The van der Waals surface area contributed by atoms with Gasteiger partial charge in [-0.2, -0.15) is 0 Å². The van der Waals surface area contributed by atoms with Crippen molar-refractivity contribution in [1.29, 1.82) is 0 Å². The minimum Gasteiger partial charge on any atom is -0.462 e. The first-order chi connectivity index (χ1) is 30.5. The molecule has 62 heavy (non-hydrogen) atoms. The monoisotopic (exact) mass is 853 g/mol. The van der Waals surface area contributed by atoms with Crippen molar-refractivity contribution in [2.24, 2.45) is 0 Å². The number of allylic oxidation sites excluding steroid dienone is 24. The third kappa shape index (κ3) is 46.4. The van der Waals surface area contributed by atoms with Crippen LogP contribution in [0.4, 0.5) is 0 Å². The minimum atomic E-state index is -0.825. The number of carbonyl (C=O) groups is 3. The molecule has 344 valence electrons. The summed E-state index contributed by atoms with van der Waals surface area (Å²) in [7, 11) is 0. The molecule has 0 N–H and O–H groups in total. The molecule has 0 spiro atoms. The summed E-state index contributed by atoms with van der Waals surface area (Å²) in [4.78, 5) is 37.8. The molecule has 0 saturated carbocycles. The predicted molar refractivity (Wildman–Crippen MR) is 265 cm³/mol. The van der Waals surface area contributed by atoms with Crippen LogP contribution in [-0.2, 0) is 28.6 Å². The number of esters is 3. The third-order valence-electron chi connectivity index (χ3n) is 9.28. The van der Waals surface area contributed by atoms with E-state index in [4.69, 9.17) is 14.2 Å². The van der Waals surface area contributed by atoms with Gasteiger partial charge in [0.25, 0.3) is 0 Å². The maximum atomic E-state index is 12.8. The fourth-order valence-electron chi connectivity index (χ4n) is 5.71. The molecule has 0 fully saturated rings. The minimum absolute atomic E-state index is 0.123. The van der Waals surface area contributed by atoms with Crippen molar-refractivity contribution < 1.29 is 28.6 Å². The first-order valence-electron chi connectivity index (χ1n) is 24.0. The smallest absolute Gasteiger partial charge is 0.306 e. The van der Waals surface area contributed by atoms with E-state index in [0.717, 1.165) is 109 Å². The molecule has 6 nitrogen and oxygen atoms in total. The molecule has 0 rings (SSSR count). The van der Waals surface area contributed by atoms with Gasteiger partial charge in [-0.1, -0.05) is 205 Å². The lowest BCUT2D eigenvalue weighted by Crippen LogP contribution is -2.30. The van der Waals surface area contributed by atoms with Gasteiger partial charge in [0.2, 0.25) is 0 Å². The molecule has 0 aliphatic heterocycles. The highest BCUT2D eigenvalue weighted by Gasteiger charge is 2.19. The number of hydrogen-bond donors (Lipinski definition) is 0. The fourth-order valence-corrected chi connectivity index (χ4v) is 5.71. The van der Waals surface area contributed by atoms with Crippen molar-refractivity contribution in [1.82, 2.24) is 0 Å². The second kappa shape index (κ2) is 49.0. The van der Waals surface area contributed by atoms with E-state index in [1.807, 2.05) is 72.9 Å². The maximum Gasteiger partial charge on any atom is 0.306 e. The van der Waals surface area contributed by atoms with Crippen molar-refractivity contribution >= 4 is 17.9 Å². The zero-order valence-electron chi connectivity index (χ0n) is 39.1. The van der Waals surface area contributed by atoms with Crippen LogP contribution < -0.4 is 0 Å². The molecule has 0 aromatic rings. The Morgan fingerprint density at radius 1 is 0.355 bits per heavy atom.